The van der Waals surface area contributed by atoms with Crippen LogP contribution in [0.25, 0.3) is 0 Å². The van der Waals surface area contributed by atoms with Crippen molar-refractivity contribution in [2.75, 3.05) is 20.8 Å². The Bertz CT molecular complexity index is 874. The van der Waals surface area contributed by atoms with Crippen molar-refractivity contribution in [3.8, 4) is 11.5 Å². The minimum atomic E-state index is -0.138. The van der Waals surface area contributed by atoms with E-state index in [4.69, 9.17) is 9.47 Å². The number of ether oxygens (including phenoxy) is 2. The topological polar surface area (TPSA) is 47.6 Å². The van der Waals surface area contributed by atoms with Gasteiger partial charge in [0.1, 0.15) is 11.5 Å². The summed E-state index contributed by atoms with van der Waals surface area (Å²) >= 11 is 0. The normalized spacial score (nSPS) is 10.6. The summed E-state index contributed by atoms with van der Waals surface area (Å²) in [6, 6.07) is 24.3. The van der Waals surface area contributed by atoms with E-state index in [2.05, 4.69) is 53.8 Å². The molecule has 3 aromatic rings. The molecule has 0 fully saturated rings. The molecule has 0 atom stereocenters. The average Bonchev–Trinajstić information content (AvgIpc) is 2.78. The van der Waals surface area contributed by atoms with Crippen molar-refractivity contribution < 1.29 is 14.3 Å². The van der Waals surface area contributed by atoms with Crippen molar-refractivity contribution >= 4 is 5.91 Å². The molecule has 3 rings (SSSR count). The fourth-order valence-electron chi connectivity index (χ4n) is 3.55. The monoisotopic (exact) mass is 389 g/mol. The second-order valence-corrected chi connectivity index (χ2v) is 6.92. The van der Waals surface area contributed by atoms with E-state index in [9.17, 15) is 4.79 Å². The predicted octanol–water partition coefficient (Wildman–Crippen LogP) is 4.96. The SMILES string of the molecule is COc1cc(C(=O)NCCC(c2ccccc2)c2ccccc2)cc(OC)c1C. The Morgan fingerprint density at radius 1 is 0.862 bits per heavy atom. The van der Waals surface area contributed by atoms with Crippen LogP contribution in [-0.4, -0.2) is 26.7 Å². The first kappa shape index (κ1) is 20.5. The smallest absolute Gasteiger partial charge is 0.251 e. The van der Waals surface area contributed by atoms with Gasteiger partial charge in [0.05, 0.1) is 14.2 Å². The Labute approximate surface area is 172 Å². The molecule has 150 valence electrons. The highest BCUT2D eigenvalue weighted by Crippen LogP contribution is 2.30. The van der Waals surface area contributed by atoms with Crippen LogP contribution in [0.4, 0.5) is 0 Å². The molecule has 0 saturated carbocycles. The summed E-state index contributed by atoms with van der Waals surface area (Å²) in [6.45, 7) is 2.47. The number of hydrogen-bond donors (Lipinski definition) is 1. The van der Waals surface area contributed by atoms with Gasteiger partial charge in [0, 0.05) is 23.6 Å². The second kappa shape index (κ2) is 9.78. The molecule has 0 saturated heterocycles. The molecule has 1 amide bonds. The number of hydrogen-bond acceptors (Lipinski definition) is 3. The Balaban J connectivity index is 1.72. The van der Waals surface area contributed by atoms with Crippen LogP contribution < -0.4 is 14.8 Å². The number of methoxy groups -OCH3 is 2. The maximum Gasteiger partial charge on any atom is 0.251 e. The van der Waals surface area contributed by atoms with E-state index in [0.29, 0.717) is 23.6 Å². The minimum absolute atomic E-state index is 0.138. The third kappa shape index (κ3) is 4.96. The van der Waals surface area contributed by atoms with Gasteiger partial charge in [-0.1, -0.05) is 60.7 Å². The third-order valence-corrected chi connectivity index (χ3v) is 5.14. The van der Waals surface area contributed by atoms with E-state index >= 15 is 0 Å². The van der Waals surface area contributed by atoms with Crippen LogP contribution in [0, 0.1) is 6.92 Å². The summed E-state index contributed by atoms with van der Waals surface area (Å²) < 4.78 is 10.8. The molecule has 0 bridgehead atoms. The lowest BCUT2D eigenvalue weighted by atomic mass is 9.88. The first-order chi connectivity index (χ1) is 14.1. The fraction of sp³-hybridized carbons (Fsp3) is 0.240. The molecular formula is C25H27NO3. The average molecular weight is 389 g/mol. The van der Waals surface area contributed by atoms with E-state index < -0.39 is 0 Å². The lowest BCUT2D eigenvalue weighted by Gasteiger charge is -2.19. The summed E-state index contributed by atoms with van der Waals surface area (Å²) in [5, 5.41) is 3.04. The third-order valence-electron chi connectivity index (χ3n) is 5.14. The molecule has 0 aliphatic rings. The molecule has 4 nitrogen and oxygen atoms in total. The Kier molecular flexibility index (Phi) is 6.90. The first-order valence-corrected chi connectivity index (χ1v) is 9.74. The van der Waals surface area contributed by atoms with Crippen molar-refractivity contribution in [1.82, 2.24) is 5.32 Å². The van der Waals surface area contributed by atoms with Gasteiger partial charge >= 0.3 is 0 Å². The number of amides is 1. The predicted molar refractivity (Wildman–Crippen MR) is 116 cm³/mol. The van der Waals surface area contributed by atoms with Gasteiger partial charge in [0.2, 0.25) is 0 Å². The lowest BCUT2D eigenvalue weighted by Crippen LogP contribution is -2.26. The summed E-state index contributed by atoms with van der Waals surface area (Å²) in [6.07, 6.45) is 0.805. The summed E-state index contributed by atoms with van der Waals surface area (Å²) in [5.41, 5.74) is 3.89. The molecule has 3 aromatic carbocycles. The summed E-state index contributed by atoms with van der Waals surface area (Å²) in [5.74, 6) is 1.36. The van der Waals surface area contributed by atoms with Gasteiger partial charge < -0.3 is 14.8 Å². The molecule has 0 radical (unpaired) electrons. The number of carbonyl (C=O) groups is 1. The zero-order valence-electron chi connectivity index (χ0n) is 17.1. The number of rotatable bonds is 8. The summed E-state index contributed by atoms with van der Waals surface area (Å²) in [7, 11) is 3.18. The van der Waals surface area contributed by atoms with Crippen molar-refractivity contribution in [1.29, 1.82) is 0 Å². The van der Waals surface area contributed by atoms with E-state index in [1.807, 2.05) is 19.1 Å². The number of carbonyl (C=O) groups excluding carboxylic acids is 1. The van der Waals surface area contributed by atoms with Crippen LogP contribution in [0.5, 0.6) is 11.5 Å². The van der Waals surface area contributed by atoms with E-state index in [-0.39, 0.29) is 11.8 Å². The van der Waals surface area contributed by atoms with Crippen molar-refractivity contribution in [2.24, 2.45) is 0 Å². The largest absolute Gasteiger partial charge is 0.496 e. The van der Waals surface area contributed by atoms with E-state index in [1.54, 1.807) is 26.4 Å². The second-order valence-electron chi connectivity index (χ2n) is 6.92. The molecule has 29 heavy (non-hydrogen) atoms. The van der Waals surface area contributed by atoms with Gasteiger partial charge in [-0.05, 0) is 36.6 Å². The zero-order valence-corrected chi connectivity index (χ0v) is 17.1. The van der Waals surface area contributed by atoms with E-state index in [0.717, 1.165) is 12.0 Å². The van der Waals surface area contributed by atoms with Gasteiger partial charge in [0.25, 0.3) is 5.91 Å². The molecule has 0 aliphatic carbocycles. The van der Waals surface area contributed by atoms with Gasteiger partial charge in [-0.2, -0.15) is 0 Å². The molecular weight excluding hydrogens is 362 g/mol. The molecule has 0 aliphatic heterocycles. The highest BCUT2D eigenvalue weighted by molar-refractivity contribution is 5.95. The van der Waals surface area contributed by atoms with Gasteiger partial charge in [-0.25, -0.2) is 0 Å². The highest BCUT2D eigenvalue weighted by Gasteiger charge is 2.16. The quantitative estimate of drug-likeness (QED) is 0.592. The standard InChI is InChI=1S/C25H27NO3/c1-18-23(28-2)16-21(17-24(18)29-3)25(27)26-15-14-22(19-10-6-4-7-11-19)20-12-8-5-9-13-20/h4-13,16-17,22H,14-15H2,1-3H3,(H,26,27). The fourth-order valence-corrected chi connectivity index (χ4v) is 3.55. The van der Waals surface area contributed by atoms with Crippen LogP contribution in [0.1, 0.15) is 39.4 Å². The Morgan fingerprint density at radius 2 is 1.34 bits per heavy atom. The Hall–Kier alpha value is -3.27. The molecule has 1 N–H and O–H groups in total. The van der Waals surface area contributed by atoms with Gasteiger partial charge in [0.15, 0.2) is 0 Å². The summed E-state index contributed by atoms with van der Waals surface area (Å²) in [4.78, 5) is 12.7. The molecule has 0 unspecified atom stereocenters. The van der Waals surface area contributed by atoms with Crippen LogP contribution in [0.15, 0.2) is 72.8 Å². The molecule has 0 aromatic heterocycles. The van der Waals surface area contributed by atoms with Gasteiger partial charge in [-0.3, -0.25) is 4.79 Å². The molecule has 4 heteroatoms. The maximum absolute atomic E-state index is 12.7. The zero-order chi connectivity index (χ0) is 20.6. The first-order valence-electron chi connectivity index (χ1n) is 9.74. The van der Waals surface area contributed by atoms with Crippen molar-refractivity contribution in [3.63, 3.8) is 0 Å². The van der Waals surface area contributed by atoms with Crippen LogP contribution in [-0.2, 0) is 0 Å². The molecule has 0 spiro atoms. The maximum atomic E-state index is 12.7. The van der Waals surface area contributed by atoms with Gasteiger partial charge in [-0.15, -0.1) is 0 Å². The number of benzene rings is 3. The van der Waals surface area contributed by atoms with Crippen LogP contribution in [0.3, 0.4) is 0 Å². The van der Waals surface area contributed by atoms with Crippen LogP contribution in [0.2, 0.25) is 0 Å². The Morgan fingerprint density at radius 3 is 1.79 bits per heavy atom. The van der Waals surface area contributed by atoms with E-state index in [1.165, 1.54) is 11.1 Å². The highest BCUT2D eigenvalue weighted by atomic mass is 16.5. The minimum Gasteiger partial charge on any atom is -0.496 e. The van der Waals surface area contributed by atoms with Crippen molar-refractivity contribution in [3.05, 3.63) is 95.1 Å². The molecule has 0 heterocycles. The number of nitrogens with one attached hydrogen (secondary N) is 1. The lowest BCUT2D eigenvalue weighted by molar-refractivity contribution is 0.0952. The van der Waals surface area contributed by atoms with Crippen LogP contribution >= 0.6 is 0 Å². The van der Waals surface area contributed by atoms with Crippen molar-refractivity contribution in [2.45, 2.75) is 19.3 Å².